The van der Waals surface area contributed by atoms with Crippen molar-refractivity contribution in [1.82, 2.24) is 10.9 Å². The Balaban J connectivity index is 2.01. The van der Waals surface area contributed by atoms with E-state index in [1.807, 2.05) is 19.1 Å². The molecule has 0 aliphatic carbocycles. The van der Waals surface area contributed by atoms with E-state index in [0.717, 1.165) is 3.57 Å². The van der Waals surface area contributed by atoms with Gasteiger partial charge in [-0.1, -0.05) is 12.1 Å². The lowest BCUT2D eigenvalue weighted by molar-refractivity contribution is 0.0846. The van der Waals surface area contributed by atoms with Crippen molar-refractivity contribution in [3.05, 3.63) is 61.6 Å². The largest absolute Gasteiger partial charge is 0.493 e. The van der Waals surface area contributed by atoms with Crippen LogP contribution in [0.15, 0.2) is 46.9 Å². The Morgan fingerprint density at radius 3 is 2.48 bits per heavy atom. The number of hydrazine groups is 1. The van der Waals surface area contributed by atoms with Crippen LogP contribution in [0.2, 0.25) is 0 Å². The third-order valence-corrected chi connectivity index (χ3v) is 4.46. The third-order valence-electron chi connectivity index (χ3n) is 2.90. The van der Waals surface area contributed by atoms with Gasteiger partial charge in [0.25, 0.3) is 11.8 Å². The summed E-state index contributed by atoms with van der Waals surface area (Å²) < 4.78 is 6.87. The van der Waals surface area contributed by atoms with Crippen LogP contribution < -0.4 is 15.6 Å². The minimum atomic E-state index is -0.409. The first kappa shape index (κ1) is 17.7. The molecule has 0 saturated carbocycles. The zero-order chi connectivity index (χ0) is 16.8. The summed E-state index contributed by atoms with van der Waals surface area (Å²) in [6.07, 6.45) is 0. The molecule has 2 aromatic carbocycles. The number of carbonyl (C=O) groups is 2. The van der Waals surface area contributed by atoms with Crippen LogP contribution in [0.5, 0.6) is 5.75 Å². The summed E-state index contributed by atoms with van der Waals surface area (Å²) in [6, 6.07) is 12.1. The monoisotopic (exact) mass is 488 g/mol. The molecule has 2 amide bonds. The summed E-state index contributed by atoms with van der Waals surface area (Å²) in [5.41, 5.74) is 5.71. The molecule has 0 saturated heterocycles. The van der Waals surface area contributed by atoms with E-state index in [-0.39, 0.29) is 5.91 Å². The van der Waals surface area contributed by atoms with Gasteiger partial charge in [-0.15, -0.1) is 0 Å². The van der Waals surface area contributed by atoms with Crippen molar-refractivity contribution in [2.45, 2.75) is 6.92 Å². The van der Waals surface area contributed by atoms with Gasteiger partial charge in [0.05, 0.1) is 16.6 Å². The van der Waals surface area contributed by atoms with Gasteiger partial charge in [-0.05, 0) is 75.8 Å². The average molecular weight is 489 g/mol. The van der Waals surface area contributed by atoms with Crippen LogP contribution in [0.25, 0.3) is 0 Å². The van der Waals surface area contributed by atoms with Gasteiger partial charge < -0.3 is 4.74 Å². The smallest absolute Gasteiger partial charge is 0.270 e. The fraction of sp³-hybridized carbons (Fsp3) is 0.125. The van der Waals surface area contributed by atoms with Crippen LogP contribution >= 0.6 is 38.5 Å². The zero-order valence-corrected chi connectivity index (χ0v) is 16.0. The van der Waals surface area contributed by atoms with Crippen LogP contribution in [0.4, 0.5) is 0 Å². The lowest BCUT2D eigenvalue weighted by Gasteiger charge is -2.10. The molecule has 0 fully saturated rings. The molecule has 0 aliphatic heterocycles. The predicted molar refractivity (Wildman–Crippen MR) is 99.4 cm³/mol. The highest BCUT2D eigenvalue weighted by Crippen LogP contribution is 2.25. The Morgan fingerprint density at radius 1 is 1.13 bits per heavy atom. The highest BCUT2D eigenvalue weighted by molar-refractivity contribution is 14.1. The van der Waals surface area contributed by atoms with Crippen molar-refractivity contribution < 1.29 is 14.3 Å². The van der Waals surface area contributed by atoms with Crippen LogP contribution in [0.3, 0.4) is 0 Å². The molecular weight excluding hydrogens is 475 g/mol. The summed E-state index contributed by atoms with van der Waals surface area (Å²) >= 11 is 5.42. The second-order valence-corrected chi connectivity index (χ2v) is 6.48. The number of nitrogens with one attached hydrogen (secondary N) is 2. The molecule has 0 unspecified atom stereocenters. The fourth-order valence-corrected chi connectivity index (χ4v) is 2.94. The SMILES string of the molecule is CCOc1ccc(C(=O)NNC(=O)c2ccccc2I)cc1Br. The minimum Gasteiger partial charge on any atom is -0.493 e. The van der Waals surface area contributed by atoms with Gasteiger partial charge in [0, 0.05) is 9.13 Å². The number of halogens is 2. The maximum atomic E-state index is 12.1. The van der Waals surface area contributed by atoms with Crippen molar-refractivity contribution in [3.63, 3.8) is 0 Å². The number of hydrogen-bond donors (Lipinski definition) is 2. The topological polar surface area (TPSA) is 67.4 Å². The van der Waals surface area contributed by atoms with E-state index in [2.05, 4.69) is 49.4 Å². The Labute approximate surface area is 156 Å². The zero-order valence-electron chi connectivity index (χ0n) is 12.2. The van der Waals surface area contributed by atoms with E-state index in [0.29, 0.717) is 28.0 Å². The van der Waals surface area contributed by atoms with E-state index in [4.69, 9.17) is 4.74 Å². The number of ether oxygens (including phenoxy) is 1. The normalized spacial score (nSPS) is 10.0. The minimum absolute atomic E-state index is 0.367. The number of hydrogen-bond acceptors (Lipinski definition) is 3. The van der Waals surface area contributed by atoms with Crippen LogP contribution in [-0.2, 0) is 0 Å². The molecular formula is C16H14BrIN2O3. The van der Waals surface area contributed by atoms with Crippen molar-refractivity contribution in [1.29, 1.82) is 0 Å². The lowest BCUT2D eigenvalue weighted by Crippen LogP contribution is -2.41. The average Bonchev–Trinajstić information content (AvgIpc) is 2.54. The summed E-state index contributed by atoms with van der Waals surface area (Å²) in [5, 5.41) is 0. The van der Waals surface area contributed by atoms with Crippen molar-refractivity contribution in [2.24, 2.45) is 0 Å². The Hall–Kier alpha value is -1.61. The van der Waals surface area contributed by atoms with E-state index in [1.54, 1.807) is 30.3 Å². The molecule has 5 nitrogen and oxygen atoms in total. The van der Waals surface area contributed by atoms with E-state index in [1.165, 1.54) is 0 Å². The summed E-state index contributed by atoms with van der Waals surface area (Å²) in [6.45, 7) is 2.42. The van der Waals surface area contributed by atoms with Gasteiger partial charge in [0.2, 0.25) is 0 Å². The molecule has 0 aliphatic rings. The predicted octanol–water partition coefficient (Wildman–Crippen LogP) is 3.53. The molecule has 0 bridgehead atoms. The van der Waals surface area contributed by atoms with Gasteiger partial charge >= 0.3 is 0 Å². The third kappa shape index (κ3) is 4.68. The van der Waals surface area contributed by atoms with Gasteiger partial charge in [-0.25, -0.2) is 0 Å². The van der Waals surface area contributed by atoms with E-state index >= 15 is 0 Å². The number of rotatable bonds is 4. The maximum Gasteiger partial charge on any atom is 0.270 e. The number of amides is 2. The molecule has 7 heteroatoms. The second-order valence-electron chi connectivity index (χ2n) is 4.47. The van der Waals surface area contributed by atoms with Crippen molar-refractivity contribution in [2.75, 3.05) is 6.61 Å². The first-order valence-corrected chi connectivity index (χ1v) is 8.67. The molecule has 0 aromatic heterocycles. The molecule has 0 radical (unpaired) electrons. The molecule has 2 rings (SSSR count). The van der Waals surface area contributed by atoms with E-state index < -0.39 is 5.91 Å². The summed E-state index contributed by atoms with van der Waals surface area (Å²) in [5.74, 6) is -0.117. The Kier molecular flexibility index (Phi) is 6.40. The van der Waals surface area contributed by atoms with E-state index in [9.17, 15) is 9.59 Å². The Bertz CT molecular complexity index is 737. The Morgan fingerprint density at radius 2 is 1.83 bits per heavy atom. The molecule has 2 N–H and O–H groups in total. The fourth-order valence-electron chi connectivity index (χ4n) is 1.81. The number of benzene rings is 2. The first-order chi connectivity index (χ1) is 11.0. The van der Waals surface area contributed by atoms with Crippen LogP contribution in [0.1, 0.15) is 27.6 Å². The van der Waals surface area contributed by atoms with Gasteiger partial charge in [0.15, 0.2) is 0 Å². The van der Waals surface area contributed by atoms with Crippen molar-refractivity contribution >= 4 is 50.3 Å². The number of carbonyl (C=O) groups excluding carboxylic acids is 2. The highest BCUT2D eigenvalue weighted by atomic mass is 127. The molecule has 0 atom stereocenters. The van der Waals surface area contributed by atoms with Crippen LogP contribution in [0, 0.1) is 3.57 Å². The van der Waals surface area contributed by atoms with Gasteiger partial charge in [0.1, 0.15) is 5.75 Å². The van der Waals surface area contributed by atoms with Gasteiger partial charge in [-0.2, -0.15) is 0 Å². The van der Waals surface area contributed by atoms with Gasteiger partial charge in [-0.3, -0.25) is 20.4 Å². The second kappa shape index (κ2) is 8.30. The lowest BCUT2D eigenvalue weighted by atomic mass is 10.2. The summed E-state index contributed by atoms with van der Waals surface area (Å²) in [7, 11) is 0. The first-order valence-electron chi connectivity index (χ1n) is 6.80. The molecule has 120 valence electrons. The maximum absolute atomic E-state index is 12.1. The highest BCUT2D eigenvalue weighted by Gasteiger charge is 2.12. The summed E-state index contributed by atoms with van der Waals surface area (Å²) in [4.78, 5) is 24.1. The van der Waals surface area contributed by atoms with Crippen LogP contribution in [-0.4, -0.2) is 18.4 Å². The standard InChI is InChI=1S/C16H14BrIN2O3/c1-2-23-14-8-7-10(9-12(14)17)15(21)19-20-16(22)11-5-3-4-6-13(11)18/h3-9H,2H2,1H3,(H,19,21)(H,20,22). The van der Waals surface area contributed by atoms with Crippen molar-refractivity contribution in [3.8, 4) is 5.75 Å². The molecule has 0 spiro atoms. The molecule has 0 heterocycles. The quantitative estimate of drug-likeness (QED) is 0.511. The molecule has 23 heavy (non-hydrogen) atoms. The molecule has 2 aromatic rings.